The van der Waals surface area contributed by atoms with Crippen LogP contribution in [-0.4, -0.2) is 22.9 Å². The summed E-state index contributed by atoms with van der Waals surface area (Å²) in [6, 6.07) is 0.0498. The van der Waals surface area contributed by atoms with Crippen LogP contribution < -0.4 is 11.1 Å². The van der Waals surface area contributed by atoms with Gasteiger partial charge in [-0.2, -0.15) is 5.10 Å². The van der Waals surface area contributed by atoms with E-state index in [4.69, 9.17) is 5.73 Å². The molecule has 1 heterocycles. The fraction of sp³-hybridized carbons (Fsp3) is 0.769. The van der Waals surface area contributed by atoms with Crippen molar-refractivity contribution < 1.29 is 0 Å². The Labute approximate surface area is 105 Å². The quantitative estimate of drug-likeness (QED) is 0.679. The molecule has 0 aliphatic carbocycles. The summed E-state index contributed by atoms with van der Waals surface area (Å²) in [5.41, 5.74) is 7.15. The van der Waals surface area contributed by atoms with Crippen LogP contribution in [0.4, 0.5) is 0 Å². The number of unbranched alkanes of at least 4 members (excludes halogenated alkanes) is 1. The maximum atomic E-state index is 6.06. The Morgan fingerprint density at radius 3 is 2.76 bits per heavy atom. The lowest BCUT2D eigenvalue weighted by Gasteiger charge is -2.11. The lowest BCUT2D eigenvalue weighted by molar-refractivity contribution is 0.511. The van der Waals surface area contributed by atoms with Crippen molar-refractivity contribution in [1.29, 1.82) is 0 Å². The van der Waals surface area contributed by atoms with Crippen LogP contribution in [0.3, 0.4) is 0 Å². The smallest absolute Gasteiger partial charge is 0.0537 e. The number of rotatable bonds is 8. The maximum absolute atomic E-state index is 6.06. The summed E-state index contributed by atoms with van der Waals surface area (Å²) >= 11 is 0. The summed E-state index contributed by atoms with van der Waals surface area (Å²) in [5.74, 6) is 0.813. The highest BCUT2D eigenvalue weighted by atomic mass is 15.2. The lowest BCUT2D eigenvalue weighted by Crippen LogP contribution is -2.27. The molecule has 0 aliphatic rings. The van der Waals surface area contributed by atoms with Gasteiger partial charge in [0.25, 0.3) is 0 Å². The third-order valence-corrected chi connectivity index (χ3v) is 2.90. The van der Waals surface area contributed by atoms with Crippen molar-refractivity contribution in [2.75, 3.05) is 13.1 Å². The number of nitrogens with two attached hydrogens (primary N) is 1. The molecule has 0 aromatic carbocycles. The van der Waals surface area contributed by atoms with E-state index in [9.17, 15) is 0 Å². The predicted molar refractivity (Wildman–Crippen MR) is 71.7 cm³/mol. The van der Waals surface area contributed by atoms with E-state index in [2.05, 4.69) is 24.3 Å². The largest absolute Gasteiger partial charge is 0.323 e. The second-order valence-corrected chi connectivity index (χ2v) is 5.15. The van der Waals surface area contributed by atoms with Gasteiger partial charge >= 0.3 is 0 Å². The van der Waals surface area contributed by atoms with Crippen LogP contribution >= 0.6 is 0 Å². The first-order valence-electron chi connectivity index (χ1n) is 6.54. The minimum absolute atomic E-state index is 0.0498. The van der Waals surface area contributed by atoms with Crippen molar-refractivity contribution >= 4 is 0 Å². The average Bonchev–Trinajstić information content (AvgIpc) is 2.69. The van der Waals surface area contributed by atoms with Crippen LogP contribution in [0.2, 0.25) is 0 Å². The van der Waals surface area contributed by atoms with E-state index in [-0.39, 0.29) is 6.04 Å². The molecule has 4 nitrogen and oxygen atoms in total. The summed E-state index contributed by atoms with van der Waals surface area (Å²) < 4.78 is 1.79. The fourth-order valence-electron chi connectivity index (χ4n) is 1.81. The zero-order chi connectivity index (χ0) is 12.7. The normalized spacial score (nSPS) is 13.2. The molecule has 1 rings (SSSR count). The van der Waals surface area contributed by atoms with Crippen molar-refractivity contribution in [2.24, 2.45) is 18.7 Å². The molecule has 0 fully saturated rings. The molecular formula is C13H26N4. The van der Waals surface area contributed by atoms with E-state index in [0.717, 1.165) is 24.6 Å². The van der Waals surface area contributed by atoms with E-state index in [1.807, 2.05) is 19.4 Å². The van der Waals surface area contributed by atoms with Crippen LogP contribution in [0.5, 0.6) is 0 Å². The van der Waals surface area contributed by atoms with Crippen LogP contribution in [0.25, 0.3) is 0 Å². The first-order valence-corrected chi connectivity index (χ1v) is 6.54. The SMILES string of the molecule is CC(C)CCCCNCC(N)c1cnn(C)c1. The highest BCUT2D eigenvalue weighted by Gasteiger charge is 2.06. The Kier molecular flexibility index (Phi) is 6.22. The molecule has 1 aromatic heterocycles. The third kappa shape index (κ3) is 5.84. The van der Waals surface area contributed by atoms with Crippen molar-refractivity contribution in [3.8, 4) is 0 Å². The summed E-state index contributed by atoms with van der Waals surface area (Å²) in [6.45, 7) is 6.42. The van der Waals surface area contributed by atoms with E-state index in [1.165, 1.54) is 19.3 Å². The Hall–Kier alpha value is -0.870. The highest BCUT2D eigenvalue weighted by molar-refractivity contribution is 5.09. The van der Waals surface area contributed by atoms with Gasteiger partial charge in [-0.3, -0.25) is 4.68 Å². The minimum atomic E-state index is 0.0498. The zero-order valence-electron chi connectivity index (χ0n) is 11.3. The van der Waals surface area contributed by atoms with Gasteiger partial charge in [0, 0.05) is 31.4 Å². The molecule has 1 unspecified atom stereocenters. The zero-order valence-corrected chi connectivity index (χ0v) is 11.3. The predicted octanol–water partition coefficient (Wildman–Crippen LogP) is 1.84. The average molecular weight is 238 g/mol. The van der Waals surface area contributed by atoms with Gasteiger partial charge in [-0.15, -0.1) is 0 Å². The lowest BCUT2D eigenvalue weighted by atomic mass is 10.1. The molecule has 3 N–H and O–H groups in total. The molecule has 0 amide bonds. The van der Waals surface area contributed by atoms with Gasteiger partial charge < -0.3 is 11.1 Å². The Morgan fingerprint density at radius 1 is 1.41 bits per heavy atom. The van der Waals surface area contributed by atoms with Crippen molar-refractivity contribution in [2.45, 2.75) is 39.2 Å². The monoisotopic (exact) mass is 238 g/mol. The second kappa shape index (κ2) is 7.45. The molecule has 0 bridgehead atoms. The summed E-state index contributed by atoms with van der Waals surface area (Å²) in [7, 11) is 1.91. The topological polar surface area (TPSA) is 55.9 Å². The van der Waals surface area contributed by atoms with E-state index in [1.54, 1.807) is 4.68 Å². The van der Waals surface area contributed by atoms with Crippen molar-refractivity contribution in [3.63, 3.8) is 0 Å². The number of nitrogens with zero attached hydrogens (tertiary/aromatic N) is 2. The Bertz CT molecular complexity index is 306. The van der Waals surface area contributed by atoms with Gasteiger partial charge in [0.1, 0.15) is 0 Å². The molecule has 4 heteroatoms. The van der Waals surface area contributed by atoms with Crippen molar-refractivity contribution in [3.05, 3.63) is 18.0 Å². The maximum Gasteiger partial charge on any atom is 0.0537 e. The number of aromatic nitrogens is 2. The van der Waals surface area contributed by atoms with E-state index < -0.39 is 0 Å². The number of nitrogens with one attached hydrogen (secondary N) is 1. The van der Waals surface area contributed by atoms with Gasteiger partial charge in [0.2, 0.25) is 0 Å². The molecular weight excluding hydrogens is 212 g/mol. The minimum Gasteiger partial charge on any atom is -0.323 e. The van der Waals surface area contributed by atoms with E-state index >= 15 is 0 Å². The third-order valence-electron chi connectivity index (χ3n) is 2.90. The molecule has 1 atom stereocenters. The van der Waals surface area contributed by atoms with Crippen LogP contribution in [0.15, 0.2) is 12.4 Å². The van der Waals surface area contributed by atoms with Gasteiger partial charge in [-0.25, -0.2) is 0 Å². The Morgan fingerprint density at radius 2 is 2.18 bits per heavy atom. The summed E-state index contributed by atoms with van der Waals surface area (Å²) in [6.07, 6.45) is 7.66. The van der Waals surface area contributed by atoms with Crippen molar-refractivity contribution in [1.82, 2.24) is 15.1 Å². The number of hydrogen-bond acceptors (Lipinski definition) is 3. The van der Waals surface area contributed by atoms with Gasteiger partial charge in [-0.05, 0) is 18.9 Å². The van der Waals surface area contributed by atoms with Crippen LogP contribution in [0, 0.1) is 5.92 Å². The van der Waals surface area contributed by atoms with Gasteiger partial charge in [0.05, 0.1) is 6.20 Å². The number of hydrogen-bond donors (Lipinski definition) is 2. The van der Waals surface area contributed by atoms with Gasteiger partial charge in [0.15, 0.2) is 0 Å². The standard InChI is InChI=1S/C13H26N4/c1-11(2)6-4-5-7-15-9-13(14)12-8-16-17(3)10-12/h8,10-11,13,15H,4-7,9,14H2,1-3H3. The first-order chi connectivity index (χ1) is 8.09. The fourth-order valence-corrected chi connectivity index (χ4v) is 1.81. The number of aryl methyl sites for hydroxylation is 1. The Balaban J connectivity index is 2.06. The molecule has 0 spiro atoms. The molecule has 17 heavy (non-hydrogen) atoms. The molecule has 98 valence electrons. The summed E-state index contributed by atoms with van der Waals surface area (Å²) in [5, 5.41) is 7.53. The first kappa shape index (κ1) is 14.2. The van der Waals surface area contributed by atoms with E-state index in [0.29, 0.717) is 0 Å². The molecule has 0 saturated heterocycles. The molecule has 0 saturated carbocycles. The second-order valence-electron chi connectivity index (χ2n) is 5.15. The van der Waals surface area contributed by atoms with Gasteiger partial charge in [-0.1, -0.05) is 26.7 Å². The highest BCUT2D eigenvalue weighted by Crippen LogP contribution is 2.07. The summed E-state index contributed by atoms with van der Waals surface area (Å²) in [4.78, 5) is 0. The molecule has 1 aromatic rings. The van der Waals surface area contributed by atoms with Crippen LogP contribution in [-0.2, 0) is 7.05 Å². The van der Waals surface area contributed by atoms with Crippen LogP contribution in [0.1, 0.15) is 44.7 Å². The molecule has 0 aliphatic heterocycles. The molecule has 0 radical (unpaired) electrons.